The first-order valence-corrected chi connectivity index (χ1v) is 11.3. The molecule has 2 rings (SSSR count). The van der Waals surface area contributed by atoms with Gasteiger partial charge in [0.2, 0.25) is 0 Å². The van der Waals surface area contributed by atoms with E-state index in [2.05, 4.69) is 46.8 Å². The lowest BCUT2D eigenvalue weighted by Crippen LogP contribution is -2.17. The van der Waals surface area contributed by atoms with Crippen LogP contribution in [0, 0.1) is 0 Å². The van der Waals surface area contributed by atoms with E-state index in [-0.39, 0.29) is 0 Å². The van der Waals surface area contributed by atoms with Crippen LogP contribution < -0.4 is 5.73 Å². The molecule has 0 radical (unpaired) electrons. The summed E-state index contributed by atoms with van der Waals surface area (Å²) in [6.45, 7) is 16.5. The van der Waals surface area contributed by atoms with Gasteiger partial charge in [-0.15, -0.1) is 0 Å². The van der Waals surface area contributed by atoms with Gasteiger partial charge < -0.3 is 10.6 Å². The molecule has 0 heterocycles. The Morgan fingerprint density at radius 1 is 1.15 bits per heavy atom. The van der Waals surface area contributed by atoms with Crippen molar-refractivity contribution >= 4 is 53.2 Å². The summed E-state index contributed by atoms with van der Waals surface area (Å²) in [7, 11) is 1.99. The number of rotatable bonds is 11. The van der Waals surface area contributed by atoms with Gasteiger partial charge in [0.05, 0.1) is 23.3 Å². The van der Waals surface area contributed by atoms with Crippen LogP contribution in [0.2, 0.25) is 0 Å². The standard InChI is InChI=1S/C28H32ClN5/c1-7-34(6)27(19-31-4)21(3)23-11-14-26(32-5)25(18-23)28(29)20(2)17-22-9-12-24(13-10-22)33-16-8-15-30/h8-16,18-19H,3-5,7,17,30H2,1-2,6H3/b15-8?,27-19-,28-20-,33-16?. The Morgan fingerprint density at radius 3 is 2.44 bits per heavy atom. The molecule has 0 saturated heterocycles. The fourth-order valence-corrected chi connectivity index (χ4v) is 3.56. The van der Waals surface area contributed by atoms with E-state index in [9.17, 15) is 0 Å². The Morgan fingerprint density at radius 2 is 1.85 bits per heavy atom. The average molecular weight is 474 g/mol. The van der Waals surface area contributed by atoms with Crippen LogP contribution in [0.3, 0.4) is 0 Å². The van der Waals surface area contributed by atoms with Crippen LogP contribution in [0.1, 0.15) is 30.5 Å². The molecular formula is C28H32ClN5. The van der Waals surface area contributed by atoms with E-state index in [4.69, 9.17) is 17.3 Å². The van der Waals surface area contributed by atoms with Gasteiger partial charge in [-0.25, -0.2) is 0 Å². The fourth-order valence-electron chi connectivity index (χ4n) is 3.34. The van der Waals surface area contributed by atoms with Gasteiger partial charge >= 0.3 is 0 Å². The Labute approximate surface area is 208 Å². The zero-order valence-electron chi connectivity index (χ0n) is 20.1. The van der Waals surface area contributed by atoms with Gasteiger partial charge in [0.1, 0.15) is 0 Å². The van der Waals surface area contributed by atoms with Crippen LogP contribution in [0.25, 0.3) is 10.6 Å². The molecule has 0 saturated carbocycles. The van der Waals surface area contributed by atoms with Crippen molar-refractivity contribution in [2.45, 2.75) is 20.3 Å². The normalized spacial score (nSPS) is 12.6. The van der Waals surface area contributed by atoms with E-state index in [1.165, 1.54) is 6.20 Å². The third-order valence-electron chi connectivity index (χ3n) is 5.36. The molecule has 0 aliphatic rings. The van der Waals surface area contributed by atoms with Crippen molar-refractivity contribution in [2.24, 2.45) is 20.7 Å². The first kappa shape index (κ1) is 26.6. The quantitative estimate of drug-likeness (QED) is 0.284. The zero-order valence-corrected chi connectivity index (χ0v) is 20.9. The third kappa shape index (κ3) is 6.90. The molecule has 6 heteroatoms. The summed E-state index contributed by atoms with van der Waals surface area (Å²) in [4.78, 5) is 14.5. The van der Waals surface area contributed by atoms with Crippen molar-refractivity contribution in [3.63, 3.8) is 0 Å². The van der Waals surface area contributed by atoms with Crippen LogP contribution in [0.4, 0.5) is 11.4 Å². The molecule has 0 spiro atoms. The minimum absolute atomic E-state index is 0.642. The molecule has 2 N–H and O–H groups in total. The van der Waals surface area contributed by atoms with Gasteiger partial charge in [-0.3, -0.25) is 15.0 Å². The number of benzene rings is 2. The first-order valence-electron chi connectivity index (χ1n) is 10.9. The molecule has 34 heavy (non-hydrogen) atoms. The van der Waals surface area contributed by atoms with E-state index >= 15 is 0 Å². The predicted octanol–water partition coefficient (Wildman–Crippen LogP) is 6.91. The number of likely N-dealkylation sites (N-methyl/N-ethyl adjacent to an activating group) is 1. The average Bonchev–Trinajstić information content (AvgIpc) is 2.86. The Kier molecular flexibility index (Phi) is 10.2. The van der Waals surface area contributed by atoms with Crippen LogP contribution in [-0.4, -0.2) is 38.1 Å². The second kappa shape index (κ2) is 13.1. The molecule has 0 aliphatic carbocycles. The highest BCUT2D eigenvalue weighted by Gasteiger charge is 2.15. The van der Waals surface area contributed by atoms with Crippen molar-refractivity contribution in [3.8, 4) is 0 Å². The molecule has 5 nitrogen and oxygen atoms in total. The minimum atomic E-state index is 0.642. The highest BCUT2D eigenvalue weighted by molar-refractivity contribution is 6.49. The lowest BCUT2D eigenvalue weighted by atomic mass is 9.97. The molecule has 0 atom stereocenters. The van der Waals surface area contributed by atoms with Gasteiger partial charge in [-0.2, -0.15) is 0 Å². The first-order chi connectivity index (χ1) is 16.4. The van der Waals surface area contributed by atoms with E-state index in [0.29, 0.717) is 11.5 Å². The minimum Gasteiger partial charge on any atom is -0.405 e. The number of nitrogens with zero attached hydrogens (tertiary/aromatic N) is 4. The van der Waals surface area contributed by atoms with Gasteiger partial charge in [0.25, 0.3) is 0 Å². The summed E-state index contributed by atoms with van der Waals surface area (Å²) in [5, 5.41) is 0.642. The number of nitrogens with two attached hydrogens (primary N) is 1. The highest BCUT2D eigenvalue weighted by atomic mass is 35.5. The molecule has 0 aliphatic heterocycles. The van der Waals surface area contributed by atoms with Crippen molar-refractivity contribution in [3.05, 3.63) is 95.5 Å². The summed E-state index contributed by atoms with van der Waals surface area (Å²) >= 11 is 6.88. The maximum absolute atomic E-state index is 6.88. The molecule has 0 fully saturated rings. The third-order valence-corrected chi connectivity index (χ3v) is 5.89. The van der Waals surface area contributed by atoms with E-state index in [1.807, 2.05) is 56.4 Å². The maximum atomic E-state index is 6.88. The van der Waals surface area contributed by atoms with Crippen molar-refractivity contribution in [2.75, 3.05) is 13.6 Å². The molecule has 2 aromatic carbocycles. The summed E-state index contributed by atoms with van der Waals surface area (Å²) in [5.41, 5.74) is 12.5. The van der Waals surface area contributed by atoms with Gasteiger partial charge in [0, 0.05) is 30.4 Å². The van der Waals surface area contributed by atoms with Gasteiger partial charge in [-0.05, 0) is 92.5 Å². The Hall–Kier alpha value is -3.70. The summed E-state index contributed by atoms with van der Waals surface area (Å²) in [6, 6.07) is 13.9. The number of aliphatic imine (C=N–C) groups is 3. The Bertz CT molecular complexity index is 1150. The smallest absolute Gasteiger partial charge is 0.0710 e. The Balaban J connectivity index is 2.39. The van der Waals surface area contributed by atoms with Crippen molar-refractivity contribution in [1.29, 1.82) is 0 Å². The second-order valence-corrected chi connectivity index (χ2v) is 8.06. The van der Waals surface area contributed by atoms with Gasteiger partial charge in [-0.1, -0.05) is 36.4 Å². The van der Waals surface area contributed by atoms with Gasteiger partial charge in [0.15, 0.2) is 0 Å². The number of hydrogen-bond donors (Lipinski definition) is 1. The van der Waals surface area contributed by atoms with E-state index in [0.717, 1.165) is 51.5 Å². The number of hydrogen-bond acceptors (Lipinski definition) is 5. The van der Waals surface area contributed by atoms with E-state index < -0.39 is 0 Å². The lowest BCUT2D eigenvalue weighted by molar-refractivity contribution is 0.459. The molecule has 0 aromatic heterocycles. The molecule has 0 amide bonds. The topological polar surface area (TPSA) is 66.3 Å². The predicted molar refractivity (Wildman–Crippen MR) is 151 cm³/mol. The summed E-state index contributed by atoms with van der Waals surface area (Å²) in [5.74, 6) is 0. The van der Waals surface area contributed by atoms with Crippen LogP contribution in [-0.2, 0) is 6.42 Å². The van der Waals surface area contributed by atoms with Crippen LogP contribution in [0.15, 0.2) is 93.8 Å². The zero-order chi connectivity index (χ0) is 25.1. The molecule has 176 valence electrons. The highest BCUT2D eigenvalue weighted by Crippen LogP contribution is 2.36. The van der Waals surface area contributed by atoms with Crippen molar-refractivity contribution < 1.29 is 0 Å². The molecule has 0 bridgehead atoms. The fraction of sp³-hybridized carbons (Fsp3) is 0.179. The SMILES string of the molecule is C=N/C=C(/C(=C)c1ccc(N=C)c(/C(Cl)=C(\C)Cc2ccc(N=CC=CN)cc2)c1)N(C)CC. The maximum Gasteiger partial charge on any atom is 0.0710 e. The monoisotopic (exact) mass is 473 g/mol. The van der Waals surface area contributed by atoms with Crippen molar-refractivity contribution in [1.82, 2.24) is 4.90 Å². The largest absolute Gasteiger partial charge is 0.405 e. The molecule has 0 unspecified atom stereocenters. The number of halogens is 1. The van der Waals surface area contributed by atoms with Crippen LogP contribution in [0.5, 0.6) is 0 Å². The number of allylic oxidation sites excluding steroid dienone is 3. The summed E-state index contributed by atoms with van der Waals surface area (Å²) in [6.07, 6.45) is 7.19. The van der Waals surface area contributed by atoms with Crippen LogP contribution >= 0.6 is 11.6 Å². The summed E-state index contributed by atoms with van der Waals surface area (Å²) < 4.78 is 0. The second-order valence-electron chi connectivity index (χ2n) is 7.68. The molecule has 2 aromatic rings. The molecular weight excluding hydrogens is 442 g/mol. The lowest BCUT2D eigenvalue weighted by Gasteiger charge is -2.22. The van der Waals surface area contributed by atoms with E-state index in [1.54, 1.807) is 18.5 Å².